The zero-order valence-corrected chi connectivity index (χ0v) is 11.8. The van der Waals surface area contributed by atoms with Gasteiger partial charge in [0.15, 0.2) is 0 Å². The molecule has 18 heavy (non-hydrogen) atoms. The molecule has 0 spiro atoms. The summed E-state index contributed by atoms with van der Waals surface area (Å²) >= 11 is 0. The van der Waals surface area contributed by atoms with Crippen molar-refractivity contribution in [3.63, 3.8) is 0 Å². The van der Waals surface area contributed by atoms with Crippen LogP contribution in [0.25, 0.3) is 0 Å². The summed E-state index contributed by atoms with van der Waals surface area (Å²) in [6.45, 7) is 2.88. The second-order valence-electron chi connectivity index (χ2n) is 4.94. The summed E-state index contributed by atoms with van der Waals surface area (Å²) in [4.78, 5) is 0. The van der Waals surface area contributed by atoms with Crippen molar-refractivity contribution < 1.29 is 8.42 Å². The number of aryl methyl sites for hydroxylation is 2. The van der Waals surface area contributed by atoms with Gasteiger partial charge >= 0.3 is 0 Å². The van der Waals surface area contributed by atoms with E-state index in [2.05, 4.69) is 17.3 Å². The predicted molar refractivity (Wildman–Crippen MR) is 71.1 cm³/mol. The molecule has 0 atom stereocenters. The number of nitrogens with zero attached hydrogens (tertiary/aromatic N) is 2. The summed E-state index contributed by atoms with van der Waals surface area (Å²) in [5.41, 5.74) is 2.34. The van der Waals surface area contributed by atoms with E-state index < -0.39 is 9.84 Å². The van der Waals surface area contributed by atoms with Crippen LogP contribution in [0, 0.1) is 0 Å². The standard InChI is InChI=1S/C12H21N3O2S/c1-3-12-10(9-15(2)14-12)8-13-11-4-6-18(16,17)7-5-11/h9,11,13H,3-8H2,1-2H3. The van der Waals surface area contributed by atoms with Gasteiger partial charge in [0.05, 0.1) is 17.2 Å². The van der Waals surface area contributed by atoms with E-state index in [9.17, 15) is 8.42 Å². The Morgan fingerprint density at radius 3 is 2.72 bits per heavy atom. The van der Waals surface area contributed by atoms with Crippen molar-refractivity contribution in [3.8, 4) is 0 Å². The monoisotopic (exact) mass is 271 g/mol. The Hall–Kier alpha value is -0.880. The van der Waals surface area contributed by atoms with E-state index in [1.807, 2.05) is 17.9 Å². The molecule has 2 heterocycles. The summed E-state index contributed by atoms with van der Waals surface area (Å²) in [6, 6.07) is 0.318. The number of hydrogen-bond acceptors (Lipinski definition) is 4. The largest absolute Gasteiger partial charge is 0.310 e. The second-order valence-corrected chi connectivity index (χ2v) is 7.24. The van der Waals surface area contributed by atoms with Crippen LogP contribution >= 0.6 is 0 Å². The molecule has 1 aliphatic heterocycles. The Bertz CT molecular complexity index is 493. The normalized spacial score (nSPS) is 20.1. The molecule has 1 N–H and O–H groups in total. The van der Waals surface area contributed by atoms with Gasteiger partial charge in [0.25, 0.3) is 0 Å². The zero-order chi connectivity index (χ0) is 13.2. The van der Waals surface area contributed by atoms with Gasteiger partial charge in [0.2, 0.25) is 0 Å². The molecule has 0 unspecified atom stereocenters. The second kappa shape index (κ2) is 5.40. The third-order valence-electron chi connectivity index (χ3n) is 3.46. The van der Waals surface area contributed by atoms with E-state index in [0.29, 0.717) is 17.5 Å². The molecule has 0 saturated carbocycles. The lowest BCUT2D eigenvalue weighted by atomic mass is 10.1. The molecule has 0 amide bonds. The lowest BCUT2D eigenvalue weighted by Gasteiger charge is -2.23. The van der Waals surface area contributed by atoms with Gasteiger partial charge < -0.3 is 5.32 Å². The van der Waals surface area contributed by atoms with Crippen LogP contribution in [0.2, 0.25) is 0 Å². The highest BCUT2D eigenvalue weighted by Crippen LogP contribution is 2.14. The van der Waals surface area contributed by atoms with Crippen molar-refractivity contribution in [2.24, 2.45) is 7.05 Å². The molecule has 2 rings (SSSR count). The molecule has 0 bridgehead atoms. The van der Waals surface area contributed by atoms with Crippen LogP contribution in [-0.2, 0) is 29.9 Å². The first-order valence-electron chi connectivity index (χ1n) is 6.45. The first-order chi connectivity index (χ1) is 8.50. The number of aromatic nitrogens is 2. The maximum Gasteiger partial charge on any atom is 0.150 e. The molecule has 102 valence electrons. The van der Waals surface area contributed by atoms with E-state index in [1.165, 1.54) is 5.56 Å². The Kier molecular flexibility index (Phi) is 4.07. The van der Waals surface area contributed by atoms with Gasteiger partial charge in [-0.3, -0.25) is 4.68 Å². The van der Waals surface area contributed by atoms with Crippen molar-refractivity contribution in [1.29, 1.82) is 0 Å². The molecule has 1 aromatic rings. The van der Waals surface area contributed by atoms with Crippen LogP contribution in [0.15, 0.2) is 6.20 Å². The third-order valence-corrected chi connectivity index (χ3v) is 5.18. The maximum atomic E-state index is 11.3. The summed E-state index contributed by atoms with van der Waals surface area (Å²) in [5.74, 6) is 0.636. The topological polar surface area (TPSA) is 64.0 Å². The highest BCUT2D eigenvalue weighted by molar-refractivity contribution is 7.91. The van der Waals surface area contributed by atoms with Crippen LogP contribution < -0.4 is 5.32 Å². The van der Waals surface area contributed by atoms with Gasteiger partial charge in [-0.25, -0.2) is 8.42 Å². The molecule has 1 saturated heterocycles. The predicted octanol–water partition coefficient (Wildman–Crippen LogP) is 0.649. The minimum atomic E-state index is -2.76. The smallest absolute Gasteiger partial charge is 0.150 e. The summed E-state index contributed by atoms with van der Waals surface area (Å²) in [7, 11) is -0.837. The molecule has 1 fully saturated rings. The van der Waals surface area contributed by atoms with Crippen molar-refractivity contribution in [1.82, 2.24) is 15.1 Å². The Morgan fingerprint density at radius 2 is 2.11 bits per heavy atom. The number of rotatable bonds is 4. The van der Waals surface area contributed by atoms with Crippen LogP contribution in [-0.4, -0.2) is 35.7 Å². The van der Waals surface area contributed by atoms with Crippen LogP contribution in [0.3, 0.4) is 0 Å². The van der Waals surface area contributed by atoms with E-state index in [4.69, 9.17) is 0 Å². The SMILES string of the molecule is CCc1nn(C)cc1CNC1CCS(=O)(=O)CC1. The van der Waals surface area contributed by atoms with Crippen LogP contribution in [0.1, 0.15) is 31.0 Å². The zero-order valence-electron chi connectivity index (χ0n) is 11.0. The van der Waals surface area contributed by atoms with Gasteiger partial charge in [-0.15, -0.1) is 0 Å². The van der Waals surface area contributed by atoms with Crippen LogP contribution in [0.4, 0.5) is 0 Å². The lowest BCUT2D eigenvalue weighted by Crippen LogP contribution is -2.37. The third kappa shape index (κ3) is 3.32. The van der Waals surface area contributed by atoms with Crippen molar-refractivity contribution in [3.05, 3.63) is 17.5 Å². The highest BCUT2D eigenvalue weighted by atomic mass is 32.2. The molecular formula is C12H21N3O2S. The molecule has 5 nitrogen and oxygen atoms in total. The number of sulfone groups is 1. The average molecular weight is 271 g/mol. The summed E-state index contributed by atoms with van der Waals surface area (Å²) < 4.78 is 24.5. The fraction of sp³-hybridized carbons (Fsp3) is 0.750. The van der Waals surface area contributed by atoms with Crippen molar-refractivity contribution >= 4 is 9.84 Å². The van der Waals surface area contributed by atoms with E-state index >= 15 is 0 Å². The molecule has 1 aromatic heterocycles. The van der Waals surface area contributed by atoms with Gasteiger partial charge in [0.1, 0.15) is 9.84 Å². The van der Waals surface area contributed by atoms with Crippen LogP contribution in [0.5, 0.6) is 0 Å². The quantitative estimate of drug-likeness (QED) is 0.873. The first kappa shape index (κ1) is 13.5. The first-order valence-corrected chi connectivity index (χ1v) is 8.27. The lowest BCUT2D eigenvalue weighted by molar-refractivity contribution is 0.462. The number of nitrogens with one attached hydrogen (secondary N) is 1. The fourth-order valence-corrected chi connectivity index (χ4v) is 3.87. The van der Waals surface area contributed by atoms with Crippen molar-refractivity contribution in [2.45, 2.75) is 38.8 Å². The van der Waals surface area contributed by atoms with Gasteiger partial charge in [-0.1, -0.05) is 6.92 Å². The molecule has 6 heteroatoms. The average Bonchev–Trinajstić information content (AvgIpc) is 2.68. The van der Waals surface area contributed by atoms with E-state index in [0.717, 1.165) is 31.5 Å². The molecular weight excluding hydrogens is 250 g/mol. The summed E-state index contributed by atoms with van der Waals surface area (Å²) in [5, 5.41) is 7.84. The Labute approximate surface area is 108 Å². The molecule has 1 aliphatic rings. The Balaban J connectivity index is 1.88. The minimum absolute atomic E-state index is 0.318. The van der Waals surface area contributed by atoms with Crippen molar-refractivity contribution in [2.75, 3.05) is 11.5 Å². The van der Waals surface area contributed by atoms with Gasteiger partial charge in [-0.05, 0) is 19.3 Å². The number of hydrogen-bond donors (Lipinski definition) is 1. The molecule has 0 radical (unpaired) electrons. The van der Waals surface area contributed by atoms with Gasteiger partial charge in [0, 0.05) is 31.4 Å². The van der Waals surface area contributed by atoms with E-state index in [-0.39, 0.29) is 0 Å². The fourth-order valence-electron chi connectivity index (χ4n) is 2.38. The molecule has 0 aliphatic carbocycles. The van der Waals surface area contributed by atoms with Gasteiger partial charge in [-0.2, -0.15) is 5.10 Å². The minimum Gasteiger partial charge on any atom is -0.310 e. The summed E-state index contributed by atoms with van der Waals surface area (Å²) in [6.07, 6.45) is 4.41. The molecule has 0 aromatic carbocycles. The maximum absolute atomic E-state index is 11.3. The highest BCUT2D eigenvalue weighted by Gasteiger charge is 2.23. The Morgan fingerprint density at radius 1 is 1.44 bits per heavy atom. The van der Waals surface area contributed by atoms with E-state index in [1.54, 1.807) is 0 Å².